The predicted molar refractivity (Wildman–Crippen MR) is 56.8 cm³/mol. The van der Waals surface area contributed by atoms with Crippen molar-refractivity contribution in [2.75, 3.05) is 13.2 Å². The van der Waals surface area contributed by atoms with Crippen molar-refractivity contribution in [1.82, 2.24) is 0 Å². The van der Waals surface area contributed by atoms with Gasteiger partial charge in [-0.05, 0) is 6.07 Å². The van der Waals surface area contributed by atoms with Gasteiger partial charge in [-0.2, -0.15) is 0 Å². The highest BCUT2D eigenvalue weighted by atomic mass is 35.5. The lowest BCUT2D eigenvalue weighted by atomic mass is 10.1. The lowest BCUT2D eigenvalue weighted by molar-refractivity contribution is 0.109. The van der Waals surface area contributed by atoms with E-state index in [1.807, 2.05) is 0 Å². The van der Waals surface area contributed by atoms with Crippen LogP contribution in [0, 0.1) is 0 Å². The van der Waals surface area contributed by atoms with Crippen molar-refractivity contribution in [1.29, 1.82) is 0 Å². The number of nitrogens with two attached hydrogens (primary N) is 1. The number of fused-ring (bicyclic) bond motifs is 1. The molecule has 0 saturated heterocycles. The smallest absolute Gasteiger partial charge is 0.172 e. The fraction of sp³-hybridized carbons (Fsp3) is 0.300. The molecule has 0 aromatic heterocycles. The van der Waals surface area contributed by atoms with Crippen LogP contribution in [0.25, 0.3) is 0 Å². The molecule has 5 nitrogen and oxygen atoms in total. The van der Waals surface area contributed by atoms with Crippen molar-refractivity contribution >= 4 is 17.9 Å². The highest BCUT2D eigenvalue weighted by molar-refractivity contribution is 6.32. The van der Waals surface area contributed by atoms with E-state index in [-0.39, 0.29) is 6.61 Å². The second-order valence-electron chi connectivity index (χ2n) is 3.21. The van der Waals surface area contributed by atoms with E-state index >= 15 is 0 Å². The topological polar surface area (TPSA) is 70.8 Å². The molecule has 0 amide bonds. The standard InChI is InChI=1S/C10H10ClNO4/c11-8-3-6(4-13)9-10(7(8)5-16-12)15-2-1-14-9/h3-4H,1-2,5,12H2. The quantitative estimate of drug-likeness (QED) is 0.640. The van der Waals surface area contributed by atoms with Crippen molar-refractivity contribution in [3.8, 4) is 11.5 Å². The molecule has 2 N–H and O–H groups in total. The van der Waals surface area contributed by atoms with Gasteiger partial charge in [-0.3, -0.25) is 9.63 Å². The molecule has 1 aliphatic heterocycles. The Labute approximate surface area is 97.0 Å². The van der Waals surface area contributed by atoms with Crippen LogP contribution in [0.4, 0.5) is 0 Å². The summed E-state index contributed by atoms with van der Waals surface area (Å²) in [5.74, 6) is 5.85. The van der Waals surface area contributed by atoms with Crippen molar-refractivity contribution in [3.63, 3.8) is 0 Å². The highest BCUT2D eigenvalue weighted by Gasteiger charge is 2.22. The van der Waals surface area contributed by atoms with E-state index < -0.39 is 0 Å². The zero-order valence-corrected chi connectivity index (χ0v) is 9.12. The Bertz CT molecular complexity index is 422. The second-order valence-corrected chi connectivity index (χ2v) is 3.62. The number of ether oxygens (including phenoxy) is 2. The van der Waals surface area contributed by atoms with Gasteiger partial charge in [-0.1, -0.05) is 11.6 Å². The molecule has 0 bridgehead atoms. The molecule has 0 spiro atoms. The number of carbonyl (C=O) groups is 1. The molecule has 1 aliphatic rings. The third-order valence-corrected chi connectivity index (χ3v) is 2.58. The third-order valence-electron chi connectivity index (χ3n) is 2.24. The van der Waals surface area contributed by atoms with E-state index in [0.29, 0.717) is 47.1 Å². The van der Waals surface area contributed by atoms with Gasteiger partial charge < -0.3 is 9.47 Å². The predicted octanol–water partition coefficient (Wildman–Crippen LogP) is 1.31. The average Bonchev–Trinajstić information content (AvgIpc) is 2.32. The maximum absolute atomic E-state index is 10.8. The van der Waals surface area contributed by atoms with Gasteiger partial charge in [0.2, 0.25) is 0 Å². The van der Waals surface area contributed by atoms with Gasteiger partial charge in [0.15, 0.2) is 17.8 Å². The molecule has 86 valence electrons. The Balaban J connectivity index is 2.57. The van der Waals surface area contributed by atoms with E-state index in [9.17, 15) is 4.79 Å². The van der Waals surface area contributed by atoms with E-state index in [2.05, 4.69) is 4.84 Å². The molecule has 1 aromatic carbocycles. The van der Waals surface area contributed by atoms with Crippen LogP contribution in [0.3, 0.4) is 0 Å². The SMILES string of the molecule is NOCc1c(Cl)cc(C=O)c2c1OCCO2. The fourth-order valence-corrected chi connectivity index (χ4v) is 1.82. The monoisotopic (exact) mass is 243 g/mol. The summed E-state index contributed by atoms with van der Waals surface area (Å²) in [6.07, 6.45) is 0.673. The first kappa shape index (κ1) is 11.2. The first-order valence-corrected chi connectivity index (χ1v) is 5.03. The van der Waals surface area contributed by atoms with Crippen LogP contribution in [0.2, 0.25) is 5.02 Å². The molecule has 6 heteroatoms. The lowest BCUT2D eigenvalue weighted by Gasteiger charge is -2.22. The molecule has 0 aliphatic carbocycles. The van der Waals surface area contributed by atoms with Crippen LogP contribution in [-0.2, 0) is 11.4 Å². The van der Waals surface area contributed by atoms with Gasteiger partial charge >= 0.3 is 0 Å². The van der Waals surface area contributed by atoms with Gasteiger partial charge in [0.05, 0.1) is 17.2 Å². The molecule has 1 heterocycles. The highest BCUT2D eigenvalue weighted by Crippen LogP contribution is 2.40. The average molecular weight is 244 g/mol. The van der Waals surface area contributed by atoms with Gasteiger partial charge in [-0.15, -0.1) is 0 Å². The largest absolute Gasteiger partial charge is 0.486 e. The summed E-state index contributed by atoms with van der Waals surface area (Å²) in [7, 11) is 0. The van der Waals surface area contributed by atoms with Gasteiger partial charge in [0.1, 0.15) is 13.2 Å². The molecule has 0 fully saturated rings. The first-order valence-electron chi connectivity index (χ1n) is 4.65. The molecule has 0 saturated carbocycles. The Hall–Kier alpha value is -1.30. The number of halogens is 1. The van der Waals surface area contributed by atoms with E-state index in [1.165, 1.54) is 6.07 Å². The summed E-state index contributed by atoms with van der Waals surface area (Å²) in [5, 5.41) is 0.372. The van der Waals surface area contributed by atoms with E-state index in [0.717, 1.165) is 0 Å². The Kier molecular flexibility index (Phi) is 3.28. The van der Waals surface area contributed by atoms with Gasteiger partial charge in [0.25, 0.3) is 0 Å². The number of hydrogen-bond acceptors (Lipinski definition) is 5. The number of carbonyl (C=O) groups excluding carboxylic acids is 1. The van der Waals surface area contributed by atoms with Crippen LogP contribution in [0.1, 0.15) is 15.9 Å². The summed E-state index contributed by atoms with van der Waals surface area (Å²) in [4.78, 5) is 15.4. The van der Waals surface area contributed by atoms with Crippen LogP contribution >= 0.6 is 11.6 Å². The van der Waals surface area contributed by atoms with Crippen LogP contribution < -0.4 is 15.4 Å². The molecule has 2 rings (SSSR count). The Morgan fingerprint density at radius 3 is 2.75 bits per heavy atom. The fourth-order valence-electron chi connectivity index (χ4n) is 1.56. The third kappa shape index (κ3) is 1.84. The second kappa shape index (κ2) is 4.69. The van der Waals surface area contributed by atoms with Crippen molar-refractivity contribution in [3.05, 3.63) is 22.2 Å². The summed E-state index contributed by atoms with van der Waals surface area (Å²) in [6, 6.07) is 1.51. The molecular formula is C10H10ClNO4. The minimum absolute atomic E-state index is 0.101. The molecular weight excluding hydrogens is 234 g/mol. The number of rotatable bonds is 3. The molecule has 1 aromatic rings. The van der Waals surface area contributed by atoms with Gasteiger partial charge in [-0.25, -0.2) is 5.90 Å². The Morgan fingerprint density at radius 2 is 2.12 bits per heavy atom. The van der Waals surface area contributed by atoms with Crippen molar-refractivity contribution in [2.45, 2.75) is 6.61 Å². The summed E-state index contributed by atoms with van der Waals surface area (Å²) >= 11 is 5.99. The molecule has 0 radical (unpaired) electrons. The minimum atomic E-state index is 0.101. The Morgan fingerprint density at radius 1 is 1.44 bits per heavy atom. The van der Waals surface area contributed by atoms with Crippen LogP contribution in [0.5, 0.6) is 11.5 Å². The maximum atomic E-state index is 10.8. The normalized spacial score (nSPS) is 13.6. The van der Waals surface area contributed by atoms with E-state index in [1.54, 1.807) is 0 Å². The maximum Gasteiger partial charge on any atom is 0.172 e. The number of aldehydes is 1. The zero-order valence-electron chi connectivity index (χ0n) is 8.36. The van der Waals surface area contributed by atoms with Crippen molar-refractivity contribution in [2.24, 2.45) is 5.90 Å². The van der Waals surface area contributed by atoms with Crippen molar-refractivity contribution < 1.29 is 19.1 Å². The van der Waals surface area contributed by atoms with Crippen LogP contribution in [-0.4, -0.2) is 19.5 Å². The number of hydrogen-bond donors (Lipinski definition) is 1. The minimum Gasteiger partial charge on any atom is -0.486 e. The number of benzene rings is 1. The van der Waals surface area contributed by atoms with Crippen LogP contribution in [0.15, 0.2) is 6.07 Å². The lowest BCUT2D eigenvalue weighted by Crippen LogP contribution is -2.18. The van der Waals surface area contributed by atoms with Gasteiger partial charge in [0, 0.05) is 5.56 Å². The summed E-state index contributed by atoms with van der Waals surface area (Å²) in [5.41, 5.74) is 0.949. The summed E-state index contributed by atoms with van der Waals surface area (Å²) < 4.78 is 10.8. The first-order chi connectivity index (χ1) is 7.77. The zero-order chi connectivity index (χ0) is 11.5. The molecule has 16 heavy (non-hydrogen) atoms. The molecule has 0 unspecified atom stereocenters. The molecule has 0 atom stereocenters. The summed E-state index contributed by atoms with van der Waals surface area (Å²) in [6.45, 7) is 0.908. The van der Waals surface area contributed by atoms with E-state index in [4.69, 9.17) is 27.0 Å².